The minimum Gasteiger partial charge on any atom is -0.340 e. The zero-order valence-electron chi connectivity index (χ0n) is 6.21. The largest absolute Gasteiger partial charge is 0.340 e. The molecule has 3 atom stereocenters. The van der Waals surface area contributed by atoms with E-state index >= 15 is 0 Å². The van der Waals surface area contributed by atoms with Crippen molar-refractivity contribution in [3.63, 3.8) is 0 Å². The van der Waals surface area contributed by atoms with Gasteiger partial charge in [-0.25, -0.2) is 0 Å². The molecule has 0 radical (unpaired) electrons. The van der Waals surface area contributed by atoms with E-state index in [-0.39, 0.29) is 17.9 Å². The van der Waals surface area contributed by atoms with Gasteiger partial charge in [0.1, 0.15) is 6.04 Å². The van der Waals surface area contributed by atoms with Crippen LogP contribution in [0.2, 0.25) is 0 Å². The molecule has 0 spiro atoms. The van der Waals surface area contributed by atoms with Gasteiger partial charge in [0.15, 0.2) is 0 Å². The Labute approximate surface area is 65.4 Å². The van der Waals surface area contributed by atoms with Crippen molar-refractivity contribution in [3.8, 4) is 6.07 Å². The molecule has 1 heterocycles. The molecule has 2 rings (SSSR count). The number of hydrogen-bond donors (Lipinski definition) is 1. The first-order valence-corrected chi connectivity index (χ1v) is 4.03. The Hall–Kier alpha value is -1.04. The number of nitrogens with zero attached hydrogens (tertiary/aromatic N) is 1. The summed E-state index contributed by atoms with van der Waals surface area (Å²) in [7, 11) is 0. The zero-order chi connectivity index (χ0) is 7.84. The van der Waals surface area contributed by atoms with E-state index in [1.54, 1.807) is 0 Å². The summed E-state index contributed by atoms with van der Waals surface area (Å²) in [6.07, 6.45) is 3.14. The molecular weight excluding hydrogens is 140 g/mol. The number of hydrogen-bond acceptors (Lipinski definition) is 2. The smallest absolute Gasteiger partial charge is 0.224 e. The van der Waals surface area contributed by atoms with Crippen LogP contribution in [0.3, 0.4) is 0 Å². The van der Waals surface area contributed by atoms with Crippen molar-refractivity contribution >= 4 is 5.91 Å². The van der Waals surface area contributed by atoms with Gasteiger partial charge >= 0.3 is 0 Å². The first-order valence-electron chi connectivity index (χ1n) is 4.03. The van der Waals surface area contributed by atoms with Crippen LogP contribution < -0.4 is 5.32 Å². The van der Waals surface area contributed by atoms with Crippen LogP contribution >= 0.6 is 0 Å². The van der Waals surface area contributed by atoms with E-state index in [0.717, 1.165) is 19.3 Å². The van der Waals surface area contributed by atoms with Gasteiger partial charge in [-0.05, 0) is 12.8 Å². The second-order valence-corrected chi connectivity index (χ2v) is 3.32. The van der Waals surface area contributed by atoms with Crippen LogP contribution in [0.25, 0.3) is 0 Å². The molecule has 0 aromatic carbocycles. The molecule has 3 heteroatoms. The minimum absolute atomic E-state index is 0.0963. The van der Waals surface area contributed by atoms with Gasteiger partial charge in [-0.15, -0.1) is 0 Å². The summed E-state index contributed by atoms with van der Waals surface area (Å²) in [4.78, 5) is 11.2. The third kappa shape index (κ3) is 0.823. The predicted molar refractivity (Wildman–Crippen MR) is 38.4 cm³/mol. The van der Waals surface area contributed by atoms with E-state index in [0.29, 0.717) is 5.92 Å². The Kier molecular flexibility index (Phi) is 1.35. The number of carbonyl (C=O) groups is 1. The lowest BCUT2D eigenvalue weighted by Gasteiger charge is -2.06. The molecule has 1 saturated carbocycles. The van der Waals surface area contributed by atoms with E-state index in [1.807, 2.05) is 0 Å². The van der Waals surface area contributed by atoms with Gasteiger partial charge in [-0.2, -0.15) is 5.26 Å². The lowest BCUT2D eigenvalue weighted by Crippen LogP contribution is -2.27. The van der Waals surface area contributed by atoms with Crippen LogP contribution in [0.5, 0.6) is 0 Å². The average Bonchev–Trinajstić information content (AvgIpc) is 2.54. The summed E-state index contributed by atoms with van der Waals surface area (Å²) in [6, 6.07) is 1.93. The fraction of sp³-hybridized carbons (Fsp3) is 0.750. The highest BCUT2D eigenvalue weighted by atomic mass is 16.2. The average molecular weight is 150 g/mol. The molecular formula is C8H10N2O. The molecule has 2 aliphatic rings. The molecule has 11 heavy (non-hydrogen) atoms. The number of rotatable bonds is 0. The van der Waals surface area contributed by atoms with Crippen LogP contribution in [0.4, 0.5) is 0 Å². The maximum absolute atomic E-state index is 11.2. The monoisotopic (exact) mass is 150 g/mol. The Morgan fingerprint density at radius 3 is 3.09 bits per heavy atom. The van der Waals surface area contributed by atoms with Crippen molar-refractivity contribution < 1.29 is 4.79 Å². The van der Waals surface area contributed by atoms with Gasteiger partial charge < -0.3 is 5.32 Å². The Bertz CT molecular complexity index is 231. The number of amides is 1. The van der Waals surface area contributed by atoms with Crippen LogP contribution in [0.1, 0.15) is 19.3 Å². The van der Waals surface area contributed by atoms with E-state index in [9.17, 15) is 4.79 Å². The standard InChI is InChI=1S/C8H10N2O/c9-4-7-5-2-1-3-6(5)8(11)10-7/h5-7H,1-3H2,(H,10,11). The summed E-state index contributed by atoms with van der Waals surface area (Å²) in [5.41, 5.74) is 0. The van der Waals surface area contributed by atoms with Crippen LogP contribution in [0, 0.1) is 23.2 Å². The van der Waals surface area contributed by atoms with E-state index < -0.39 is 0 Å². The molecule has 2 fully saturated rings. The first-order chi connectivity index (χ1) is 5.33. The highest BCUT2D eigenvalue weighted by Gasteiger charge is 2.44. The fourth-order valence-corrected chi connectivity index (χ4v) is 2.21. The zero-order valence-corrected chi connectivity index (χ0v) is 6.21. The summed E-state index contributed by atoms with van der Waals surface area (Å²) in [5, 5.41) is 11.4. The molecule has 1 N–H and O–H groups in total. The highest BCUT2D eigenvalue weighted by Crippen LogP contribution is 2.37. The van der Waals surface area contributed by atoms with Crippen molar-refractivity contribution in [3.05, 3.63) is 0 Å². The van der Waals surface area contributed by atoms with E-state index in [4.69, 9.17) is 5.26 Å². The fourth-order valence-electron chi connectivity index (χ4n) is 2.21. The summed E-state index contributed by atoms with van der Waals surface area (Å²) in [6.45, 7) is 0. The third-order valence-electron chi connectivity index (χ3n) is 2.77. The van der Waals surface area contributed by atoms with Crippen LogP contribution in [0.15, 0.2) is 0 Å². The van der Waals surface area contributed by atoms with Gasteiger partial charge in [0.2, 0.25) is 5.91 Å². The van der Waals surface area contributed by atoms with Crippen LogP contribution in [-0.4, -0.2) is 11.9 Å². The number of nitrogens with one attached hydrogen (secondary N) is 1. The second kappa shape index (κ2) is 2.23. The van der Waals surface area contributed by atoms with Crippen LogP contribution in [-0.2, 0) is 4.79 Å². The molecule has 1 amide bonds. The Balaban J connectivity index is 2.21. The minimum atomic E-state index is -0.199. The quantitative estimate of drug-likeness (QED) is 0.544. The topological polar surface area (TPSA) is 52.9 Å². The van der Waals surface area contributed by atoms with Gasteiger partial charge in [-0.1, -0.05) is 6.42 Å². The van der Waals surface area contributed by atoms with E-state index in [2.05, 4.69) is 11.4 Å². The predicted octanol–water partition coefficient (Wildman–Crippen LogP) is 0.425. The molecule has 58 valence electrons. The third-order valence-corrected chi connectivity index (χ3v) is 2.77. The molecule has 1 saturated heterocycles. The van der Waals surface area contributed by atoms with Crippen molar-refractivity contribution in [1.82, 2.24) is 5.32 Å². The SMILES string of the molecule is N#CC1NC(=O)C2CCCC12. The van der Waals surface area contributed by atoms with Crippen molar-refractivity contribution in [2.24, 2.45) is 11.8 Å². The molecule has 1 aliphatic carbocycles. The second-order valence-electron chi connectivity index (χ2n) is 3.32. The van der Waals surface area contributed by atoms with Gasteiger partial charge in [-0.3, -0.25) is 4.79 Å². The molecule has 1 aliphatic heterocycles. The molecule has 3 unspecified atom stereocenters. The normalized spacial score (nSPS) is 41.4. The number of fused-ring (bicyclic) bond motifs is 1. The van der Waals surface area contributed by atoms with Crippen molar-refractivity contribution in [2.75, 3.05) is 0 Å². The molecule has 0 aromatic heterocycles. The number of nitriles is 1. The maximum Gasteiger partial charge on any atom is 0.224 e. The maximum atomic E-state index is 11.2. The highest BCUT2D eigenvalue weighted by molar-refractivity contribution is 5.82. The molecule has 0 aromatic rings. The summed E-state index contributed by atoms with van der Waals surface area (Å²) >= 11 is 0. The van der Waals surface area contributed by atoms with Crippen molar-refractivity contribution in [1.29, 1.82) is 5.26 Å². The summed E-state index contributed by atoms with van der Waals surface area (Å²) < 4.78 is 0. The van der Waals surface area contributed by atoms with Gasteiger partial charge in [0, 0.05) is 11.8 Å². The Morgan fingerprint density at radius 2 is 2.36 bits per heavy atom. The van der Waals surface area contributed by atoms with Crippen molar-refractivity contribution in [2.45, 2.75) is 25.3 Å². The molecule has 3 nitrogen and oxygen atoms in total. The Morgan fingerprint density at radius 1 is 1.55 bits per heavy atom. The lowest BCUT2D eigenvalue weighted by atomic mass is 9.95. The van der Waals surface area contributed by atoms with Gasteiger partial charge in [0.05, 0.1) is 6.07 Å². The van der Waals surface area contributed by atoms with Gasteiger partial charge in [0.25, 0.3) is 0 Å². The number of carbonyl (C=O) groups excluding carboxylic acids is 1. The molecule has 0 bridgehead atoms. The summed E-state index contributed by atoms with van der Waals surface area (Å²) in [5.74, 6) is 0.561. The lowest BCUT2D eigenvalue weighted by molar-refractivity contribution is -0.122. The van der Waals surface area contributed by atoms with E-state index in [1.165, 1.54) is 0 Å². The first kappa shape index (κ1) is 6.66.